The number of carbonyl (C=O) groups excluding carboxylic acids is 1. The van der Waals surface area contributed by atoms with Crippen LogP contribution in [-0.2, 0) is 4.79 Å². The summed E-state index contributed by atoms with van der Waals surface area (Å²) in [4.78, 5) is 13.2. The molecule has 0 radical (unpaired) electrons. The van der Waals surface area contributed by atoms with Gasteiger partial charge in [-0.3, -0.25) is 4.79 Å². The first-order valence-corrected chi connectivity index (χ1v) is 4.67. The van der Waals surface area contributed by atoms with Gasteiger partial charge in [-0.15, -0.1) is 0 Å². The summed E-state index contributed by atoms with van der Waals surface area (Å²) in [5, 5.41) is 3.19. The molecule has 0 aliphatic carbocycles. The van der Waals surface area contributed by atoms with Crippen LogP contribution in [0.5, 0.6) is 0 Å². The molecule has 1 unspecified atom stereocenters. The summed E-state index contributed by atoms with van der Waals surface area (Å²) in [7, 11) is 1.93. The summed E-state index contributed by atoms with van der Waals surface area (Å²) >= 11 is 0. The number of carbonyl (C=O) groups is 1. The molecule has 0 saturated carbocycles. The lowest BCUT2D eigenvalue weighted by atomic mass is 10.1. The van der Waals surface area contributed by atoms with E-state index in [1.165, 1.54) is 0 Å². The molecule has 0 bridgehead atoms. The van der Waals surface area contributed by atoms with Gasteiger partial charge >= 0.3 is 0 Å². The number of hydrogen-bond donors (Lipinski definition) is 1. The minimum atomic E-state index is -0.0394. The predicted octanol–water partition coefficient (Wildman–Crippen LogP) is 0.220. The van der Waals surface area contributed by atoms with Crippen LogP contribution in [0.3, 0.4) is 0 Å². The van der Waals surface area contributed by atoms with Gasteiger partial charge in [0.15, 0.2) is 0 Å². The van der Waals surface area contributed by atoms with Gasteiger partial charge in [0.05, 0.1) is 0 Å². The molecule has 1 rings (SSSR count). The first-order valence-electron chi connectivity index (χ1n) is 4.67. The molecule has 0 aromatic carbocycles. The lowest BCUT2D eigenvalue weighted by Gasteiger charge is -2.31. The van der Waals surface area contributed by atoms with Crippen LogP contribution in [-0.4, -0.2) is 37.0 Å². The Hall–Kier alpha value is -1.01. The van der Waals surface area contributed by atoms with Gasteiger partial charge in [-0.25, -0.2) is 0 Å². The summed E-state index contributed by atoms with van der Waals surface area (Å²) in [5.41, 5.74) is 0. The van der Waals surface area contributed by atoms with Gasteiger partial charge in [0.1, 0.15) is 0 Å². The largest absolute Gasteiger partial charge is 0.330 e. The Balaban J connectivity index is 2.49. The van der Waals surface area contributed by atoms with Crippen molar-refractivity contribution in [2.75, 3.05) is 20.1 Å². The second kappa shape index (κ2) is 4.88. The Morgan fingerprint density at radius 1 is 1.62 bits per heavy atom. The molecule has 0 aromatic heterocycles. The second-order valence-electron chi connectivity index (χ2n) is 3.25. The van der Waals surface area contributed by atoms with Gasteiger partial charge in [0, 0.05) is 19.1 Å². The monoisotopic (exact) mass is 180 g/mol. The van der Waals surface area contributed by atoms with Crippen LogP contribution >= 0.6 is 0 Å². The van der Waals surface area contributed by atoms with Gasteiger partial charge < -0.3 is 10.2 Å². The fraction of sp³-hybridized carbons (Fsp3) is 0.700. The Morgan fingerprint density at radius 2 is 2.38 bits per heavy atom. The van der Waals surface area contributed by atoms with E-state index >= 15 is 0 Å². The van der Waals surface area contributed by atoms with Crippen LogP contribution in [0.25, 0.3) is 0 Å². The highest BCUT2D eigenvalue weighted by atomic mass is 16.2. The number of rotatable bonds is 1. The zero-order chi connectivity index (χ0) is 9.68. The molecule has 1 atom stereocenters. The standard InChI is InChI=1S/C10H16N2O/c1-3-5-10(13)12-7-4-6-9(8-12)11-2/h9,11H,4,6-8H2,1-2H3. The predicted molar refractivity (Wildman–Crippen MR) is 52.1 cm³/mol. The Labute approximate surface area is 79.5 Å². The molecular weight excluding hydrogens is 164 g/mol. The minimum Gasteiger partial charge on any atom is -0.330 e. The van der Waals surface area contributed by atoms with Gasteiger partial charge in [0.2, 0.25) is 0 Å². The van der Waals surface area contributed by atoms with Crippen LogP contribution in [0.2, 0.25) is 0 Å². The average molecular weight is 180 g/mol. The van der Waals surface area contributed by atoms with Gasteiger partial charge in [-0.05, 0) is 32.7 Å². The second-order valence-corrected chi connectivity index (χ2v) is 3.25. The molecule has 13 heavy (non-hydrogen) atoms. The van der Waals surface area contributed by atoms with Crippen molar-refractivity contribution >= 4 is 5.91 Å². The fourth-order valence-corrected chi connectivity index (χ4v) is 1.58. The minimum absolute atomic E-state index is 0.0394. The van der Waals surface area contributed by atoms with Crippen molar-refractivity contribution in [3.8, 4) is 11.8 Å². The Bertz CT molecular complexity index is 239. The number of hydrogen-bond acceptors (Lipinski definition) is 2. The van der Waals surface area contributed by atoms with Crippen molar-refractivity contribution in [3.05, 3.63) is 0 Å². The van der Waals surface area contributed by atoms with E-state index in [4.69, 9.17) is 0 Å². The van der Waals surface area contributed by atoms with Crippen molar-refractivity contribution in [3.63, 3.8) is 0 Å². The van der Waals surface area contributed by atoms with Gasteiger partial charge in [-0.2, -0.15) is 0 Å². The van der Waals surface area contributed by atoms with Crippen LogP contribution in [0.1, 0.15) is 19.8 Å². The third-order valence-electron chi connectivity index (χ3n) is 2.35. The zero-order valence-electron chi connectivity index (χ0n) is 8.26. The maximum Gasteiger partial charge on any atom is 0.298 e. The van der Waals surface area contributed by atoms with Gasteiger partial charge in [-0.1, -0.05) is 5.92 Å². The molecule has 1 N–H and O–H groups in total. The molecule has 1 saturated heterocycles. The van der Waals surface area contributed by atoms with Crippen LogP contribution in [0.15, 0.2) is 0 Å². The summed E-state index contributed by atoms with van der Waals surface area (Å²) in [5.74, 6) is 5.17. The zero-order valence-corrected chi connectivity index (χ0v) is 8.26. The molecule has 1 aliphatic heterocycles. The van der Waals surface area contributed by atoms with E-state index in [9.17, 15) is 4.79 Å². The normalized spacial score (nSPS) is 22.0. The highest BCUT2D eigenvalue weighted by Gasteiger charge is 2.20. The molecule has 3 heteroatoms. The molecule has 0 aromatic rings. The fourth-order valence-electron chi connectivity index (χ4n) is 1.58. The Kier molecular flexibility index (Phi) is 3.78. The highest BCUT2D eigenvalue weighted by molar-refractivity contribution is 5.93. The van der Waals surface area contributed by atoms with Crippen LogP contribution in [0, 0.1) is 11.8 Å². The maximum atomic E-state index is 11.4. The molecule has 1 fully saturated rings. The molecule has 1 heterocycles. The SMILES string of the molecule is CC#CC(=O)N1CCCC(NC)C1. The van der Waals surface area contributed by atoms with Crippen molar-refractivity contribution < 1.29 is 4.79 Å². The van der Waals surface area contributed by atoms with Crippen molar-refractivity contribution in [2.24, 2.45) is 0 Å². The molecule has 0 spiro atoms. The summed E-state index contributed by atoms with van der Waals surface area (Å²) in [6.45, 7) is 3.34. The van der Waals surface area contributed by atoms with E-state index in [1.807, 2.05) is 11.9 Å². The van der Waals surface area contributed by atoms with Crippen molar-refractivity contribution in [2.45, 2.75) is 25.8 Å². The highest BCUT2D eigenvalue weighted by Crippen LogP contribution is 2.09. The number of nitrogens with zero attached hydrogens (tertiary/aromatic N) is 1. The van der Waals surface area contributed by atoms with Gasteiger partial charge in [0.25, 0.3) is 5.91 Å². The number of likely N-dealkylation sites (tertiary alicyclic amines) is 1. The van der Waals surface area contributed by atoms with Crippen LogP contribution in [0.4, 0.5) is 0 Å². The molecular formula is C10H16N2O. The van der Waals surface area contributed by atoms with E-state index in [0.717, 1.165) is 25.9 Å². The molecule has 1 aliphatic rings. The quantitative estimate of drug-likeness (QED) is 0.585. The number of likely N-dealkylation sites (N-methyl/N-ethyl adjacent to an activating group) is 1. The van der Waals surface area contributed by atoms with Crippen molar-refractivity contribution in [1.82, 2.24) is 10.2 Å². The van der Waals surface area contributed by atoms with E-state index in [0.29, 0.717) is 6.04 Å². The summed E-state index contributed by atoms with van der Waals surface area (Å²) in [6.07, 6.45) is 2.22. The molecule has 3 nitrogen and oxygen atoms in total. The average Bonchev–Trinajstić information content (AvgIpc) is 2.18. The smallest absolute Gasteiger partial charge is 0.298 e. The Morgan fingerprint density at radius 3 is 3.00 bits per heavy atom. The lowest BCUT2D eigenvalue weighted by molar-refractivity contribution is -0.126. The third-order valence-corrected chi connectivity index (χ3v) is 2.35. The molecule has 1 amide bonds. The number of piperidine rings is 1. The first-order chi connectivity index (χ1) is 6.27. The summed E-state index contributed by atoms with van der Waals surface area (Å²) in [6, 6.07) is 0.441. The lowest BCUT2D eigenvalue weighted by Crippen LogP contribution is -2.46. The van der Waals surface area contributed by atoms with Crippen LogP contribution < -0.4 is 5.32 Å². The van der Waals surface area contributed by atoms with E-state index < -0.39 is 0 Å². The summed E-state index contributed by atoms with van der Waals surface area (Å²) < 4.78 is 0. The first kappa shape index (κ1) is 10.1. The topological polar surface area (TPSA) is 32.3 Å². The van der Waals surface area contributed by atoms with E-state index in [-0.39, 0.29) is 5.91 Å². The number of amides is 1. The molecule has 72 valence electrons. The maximum absolute atomic E-state index is 11.4. The van der Waals surface area contributed by atoms with E-state index in [2.05, 4.69) is 17.2 Å². The van der Waals surface area contributed by atoms with E-state index in [1.54, 1.807) is 6.92 Å². The number of nitrogens with one attached hydrogen (secondary N) is 1. The van der Waals surface area contributed by atoms with Crippen molar-refractivity contribution in [1.29, 1.82) is 0 Å². The third kappa shape index (κ3) is 2.74.